The van der Waals surface area contributed by atoms with Gasteiger partial charge in [-0.25, -0.2) is 0 Å². The Balaban J connectivity index is 1.54. The van der Waals surface area contributed by atoms with Crippen molar-refractivity contribution in [3.05, 3.63) is 35.4 Å². The minimum Gasteiger partial charge on any atom is -0.355 e. The molecule has 4 heteroatoms. The topological polar surface area (TPSA) is 49.4 Å². The molecular formula is C19H26N2O2. The van der Waals surface area contributed by atoms with E-state index in [2.05, 4.69) is 37.4 Å². The van der Waals surface area contributed by atoms with Gasteiger partial charge in [0.2, 0.25) is 11.8 Å². The van der Waals surface area contributed by atoms with Crippen LogP contribution in [0.25, 0.3) is 0 Å². The van der Waals surface area contributed by atoms with Crippen molar-refractivity contribution < 1.29 is 9.59 Å². The van der Waals surface area contributed by atoms with Crippen LogP contribution in [-0.4, -0.2) is 36.3 Å². The van der Waals surface area contributed by atoms with E-state index in [-0.39, 0.29) is 23.1 Å². The maximum atomic E-state index is 12.7. The molecule has 2 fully saturated rings. The second kappa shape index (κ2) is 6.34. The van der Waals surface area contributed by atoms with Crippen molar-refractivity contribution in [2.24, 2.45) is 5.92 Å². The smallest absolute Gasteiger partial charge is 0.230 e. The molecule has 3 rings (SSSR count). The summed E-state index contributed by atoms with van der Waals surface area (Å²) in [5, 5.41) is 3.12. The second-order valence-corrected chi connectivity index (χ2v) is 7.21. The van der Waals surface area contributed by atoms with E-state index in [4.69, 9.17) is 0 Å². The fourth-order valence-electron chi connectivity index (χ4n) is 3.49. The number of nitrogens with one attached hydrogen (secondary N) is 1. The van der Waals surface area contributed by atoms with Gasteiger partial charge in [0.1, 0.15) is 0 Å². The lowest BCUT2D eigenvalue weighted by Crippen LogP contribution is -2.40. The summed E-state index contributed by atoms with van der Waals surface area (Å²) in [5.74, 6) is 0.679. The van der Waals surface area contributed by atoms with Gasteiger partial charge in [0, 0.05) is 26.1 Å². The average Bonchev–Trinajstić information content (AvgIpc) is 3.25. The minimum absolute atomic E-state index is 0.141. The molecule has 1 aromatic carbocycles. The number of amides is 2. The first-order chi connectivity index (χ1) is 11.0. The van der Waals surface area contributed by atoms with Gasteiger partial charge in [0.15, 0.2) is 0 Å². The maximum absolute atomic E-state index is 12.7. The first kappa shape index (κ1) is 16.0. The first-order valence-corrected chi connectivity index (χ1v) is 8.64. The highest BCUT2D eigenvalue weighted by molar-refractivity contribution is 5.91. The van der Waals surface area contributed by atoms with Gasteiger partial charge in [-0.15, -0.1) is 0 Å². The molecule has 2 aliphatic rings. The highest BCUT2D eigenvalue weighted by atomic mass is 16.2. The van der Waals surface area contributed by atoms with Crippen LogP contribution < -0.4 is 5.32 Å². The van der Waals surface area contributed by atoms with Crippen LogP contribution in [0.3, 0.4) is 0 Å². The monoisotopic (exact) mass is 314 g/mol. The number of nitrogens with zero attached hydrogens (tertiary/aromatic N) is 1. The molecule has 1 N–H and O–H groups in total. The quantitative estimate of drug-likeness (QED) is 0.876. The van der Waals surface area contributed by atoms with Gasteiger partial charge in [0.05, 0.1) is 5.41 Å². The van der Waals surface area contributed by atoms with Crippen molar-refractivity contribution in [2.75, 3.05) is 19.6 Å². The Bertz CT molecular complexity index is 607. The van der Waals surface area contributed by atoms with E-state index in [0.29, 0.717) is 13.0 Å². The molecule has 1 saturated heterocycles. The Labute approximate surface area is 138 Å². The standard InChI is InChI=1S/C19H26N2O2/c1-14-5-3-6-16(11-14)19(8-9-19)18(23)20-12-15(2)13-21-10-4-7-17(21)22/h3,5-6,11,15H,4,7-10,12-13H2,1-2H3,(H,20,23)/t15-/m0/s1. The van der Waals surface area contributed by atoms with E-state index in [1.807, 2.05) is 11.0 Å². The van der Waals surface area contributed by atoms with Crippen molar-refractivity contribution in [1.29, 1.82) is 0 Å². The van der Waals surface area contributed by atoms with Gasteiger partial charge in [0.25, 0.3) is 0 Å². The summed E-state index contributed by atoms with van der Waals surface area (Å²) in [4.78, 5) is 26.2. The lowest BCUT2D eigenvalue weighted by atomic mass is 9.93. The van der Waals surface area contributed by atoms with E-state index >= 15 is 0 Å². The van der Waals surface area contributed by atoms with Gasteiger partial charge in [-0.1, -0.05) is 36.8 Å². The van der Waals surface area contributed by atoms with Crippen molar-refractivity contribution >= 4 is 11.8 Å². The molecular weight excluding hydrogens is 288 g/mol. The average molecular weight is 314 g/mol. The molecule has 124 valence electrons. The zero-order valence-corrected chi connectivity index (χ0v) is 14.1. The zero-order chi connectivity index (χ0) is 16.4. The van der Waals surface area contributed by atoms with Crippen LogP contribution in [0, 0.1) is 12.8 Å². The van der Waals surface area contributed by atoms with Crippen LogP contribution in [0.1, 0.15) is 43.7 Å². The van der Waals surface area contributed by atoms with E-state index in [9.17, 15) is 9.59 Å². The third-order valence-corrected chi connectivity index (χ3v) is 5.07. The maximum Gasteiger partial charge on any atom is 0.230 e. The number of aryl methyl sites for hydroxylation is 1. The number of likely N-dealkylation sites (tertiary alicyclic amines) is 1. The molecule has 1 aliphatic carbocycles. The summed E-state index contributed by atoms with van der Waals surface area (Å²) in [6.45, 7) is 6.40. The normalized spacial score (nSPS) is 20.4. The number of hydrogen-bond acceptors (Lipinski definition) is 2. The summed E-state index contributed by atoms with van der Waals surface area (Å²) >= 11 is 0. The Hall–Kier alpha value is -1.84. The van der Waals surface area contributed by atoms with E-state index in [1.54, 1.807) is 0 Å². The van der Waals surface area contributed by atoms with Crippen LogP contribution in [0.4, 0.5) is 0 Å². The molecule has 0 aromatic heterocycles. The number of carbonyl (C=O) groups excluding carboxylic acids is 2. The third-order valence-electron chi connectivity index (χ3n) is 5.07. The van der Waals surface area contributed by atoms with Crippen LogP contribution in [0.2, 0.25) is 0 Å². The summed E-state index contributed by atoms with van der Waals surface area (Å²) in [6, 6.07) is 8.27. The SMILES string of the molecule is Cc1cccc(C2(C(=O)NC[C@H](C)CN3CCCC3=O)CC2)c1. The Kier molecular flexibility index (Phi) is 4.42. The van der Waals surface area contributed by atoms with Gasteiger partial charge in [-0.3, -0.25) is 9.59 Å². The highest BCUT2D eigenvalue weighted by Crippen LogP contribution is 2.48. The number of hydrogen-bond donors (Lipinski definition) is 1. The van der Waals surface area contributed by atoms with Gasteiger partial charge >= 0.3 is 0 Å². The van der Waals surface area contributed by atoms with Crippen LogP contribution in [-0.2, 0) is 15.0 Å². The van der Waals surface area contributed by atoms with Crippen LogP contribution >= 0.6 is 0 Å². The molecule has 1 saturated carbocycles. The fraction of sp³-hybridized carbons (Fsp3) is 0.579. The van der Waals surface area contributed by atoms with Crippen molar-refractivity contribution in [3.8, 4) is 0 Å². The Morgan fingerprint density at radius 1 is 1.39 bits per heavy atom. The molecule has 4 nitrogen and oxygen atoms in total. The van der Waals surface area contributed by atoms with Crippen LogP contribution in [0.15, 0.2) is 24.3 Å². The van der Waals surface area contributed by atoms with Gasteiger partial charge < -0.3 is 10.2 Å². The largest absolute Gasteiger partial charge is 0.355 e. The van der Waals surface area contributed by atoms with Crippen LogP contribution in [0.5, 0.6) is 0 Å². The molecule has 2 amide bonds. The van der Waals surface area contributed by atoms with E-state index in [1.165, 1.54) is 5.56 Å². The van der Waals surface area contributed by atoms with Crippen molar-refractivity contribution in [2.45, 2.75) is 44.9 Å². The number of rotatable bonds is 6. The fourth-order valence-corrected chi connectivity index (χ4v) is 3.49. The van der Waals surface area contributed by atoms with Gasteiger partial charge in [-0.2, -0.15) is 0 Å². The minimum atomic E-state index is -0.310. The number of carbonyl (C=O) groups is 2. The molecule has 23 heavy (non-hydrogen) atoms. The predicted molar refractivity (Wildman–Crippen MR) is 90.1 cm³/mol. The molecule has 1 atom stereocenters. The predicted octanol–water partition coefficient (Wildman–Crippen LogP) is 2.40. The van der Waals surface area contributed by atoms with Crippen molar-refractivity contribution in [1.82, 2.24) is 10.2 Å². The summed E-state index contributed by atoms with van der Waals surface area (Å²) in [7, 11) is 0. The second-order valence-electron chi connectivity index (χ2n) is 7.21. The highest BCUT2D eigenvalue weighted by Gasteiger charge is 2.51. The summed E-state index contributed by atoms with van der Waals surface area (Å²) in [6.07, 6.45) is 3.51. The third kappa shape index (κ3) is 3.41. The Morgan fingerprint density at radius 3 is 2.78 bits per heavy atom. The molecule has 1 aromatic rings. The Morgan fingerprint density at radius 2 is 2.17 bits per heavy atom. The molecule has 1 aliphatic heterocycles. The lowest BCUT2D eigenvalue weighted by molar-refractivity contribution is -0.128. The van der Waals surface area contributed by atoms with E-state index in [0.717, 1.165) is 37.9 Å². The molecule has 1 heterocycles. The molecule has 0 spiro atoms. The molecule has 0 unspecified atom stereocenters. The molecule has 0 radical (unpaired) electrons. The first-order valence-electron chi connectivity index (χ1n) is 8.64. The lowest BCUT2D eigenvalue weighted by Gasteiger charge is -2.22. The zero-order valence-electron chi connectivity index (χ0n) is 14.1. The van der Waals surface area contributed by atoms with Gasteiger partial charge in [-0.05, 0) is 37.7 Å². The number of benzene rings is 1. The molecule has 0 bridgehead atoms. The van der Waals surface area contributed by atoms with E-state index < -0.39 is 0 Å². The van der Waals surface area contributed by atoms with Crippen molar-refractivity contribution in [3.63, 3.8) is 0 Å². The summed E-state index contributed by atoms with van der Waals surface area (Å²) in [5.41, 5.74) is 2.02. The summed E-state index contributed by atoms with van der Waals surface area (Å²) < 4.78 is 0.